The molecule has 1 aromatic carbocycles. The quantitative estimate of drug-likeness (QED) is 0.322. The normalized spacial score (nSPS) is 23.2. The predicted molar refractivity (Wildman–Crippen MR) is 151 cm³/mol. The summed E-state index contributed by atoms with van der Waals surface area (Å²) in [7, 11) is 5.56. The first-order valence-corrected chi connectivity index (χ1v) is 14.1. The van der Waals surface area contributed by atoms with Crippen LogP contribution < -0.4 is 4.74 Å². The molecule has 196 valence electrons. The summed E-state index contributed by atoms with van der Waals surface area (Å²) in [6.45, 7) is 9.28. The molecule has 0 saturated carbocycles. The van der Waals surface area contributed by atoms with Crippen LogP contribution in [0.15, 0.2) is 77.0 Å². The fourth-order valence-corrected chi connectivity index (χ4v) is 6.75. The third-order valence-corrected chi connectivity index (χ3v) is 8.98. The van der Waals surface area contributed by atoms with Gasteiger partial charge in [-0.25, -0.2) is 0 Å². The number of ether oxygens (including phenoxy) is 2. The molecule has 2 unspecified atom stereocenters. The number of ketones is 1. The SMILES string of the molecule is C=C/C=C(/SC1C(=O)CC(c2ccsc2)(c2cccc(OC3CCOCC3)c2)N(C)C1=O)C(=C)N(C)C. The summed E-state index contributed by atoms with van der Waals surface area (Å²) in [5.41, 5.74) is 1.60. The van der Waals surface area contributed by atoms with E-state index >= 15 is 0 Å². The summed E-state index contributed by atoms with van der Waals surface area (Å²) in [5.74, 6) is 0.392. The molecule has 2 atom stereocenters. The molecule has 2 fully saturated rings. The van der Waals surface area contributed by atoms with Crippen LogP contribution in [0.25, 0.3) is 0 Å². The van der Waals surface area contributed by atoms with Crippen LogP contribution in [-0.4, -0.2) is 67.2 Å². The van der Waals surface area contributed by atoms with Crippen LogP contribution in [0.2, 0.25) is 0 Å². The van der Waals surface area contributed by atoms with Crippen LogP contribution in [-0.2, 0) is 19.9 Å². The summed E-state index contributed by atoms with van der Waals surface area (Å²) in [6, 6.07) is 9.83. The van der Waals surface area contributed by atoms with Gasteiger partial charge in [-0.05, 0) is 46.2 Å². The first-order chi connectivity index (χ1) is 17.8. The lowest BCUT2D eigenvalue weighted by Gasteiger charge is -2.47. The first-order valence-electron chi connectivity index (χ1n) is 12.3. The van der Waals surface area contributed by atoms with Crippen molar-refractivity contribution in [2.45, 2.75) is 36.2 Å². The molecule has 8 heteroatoms. The number of amides is 1. The summed E-state index contributed by atoms with van der Waals surface area (Å²) in [6.07, 6.45) is 5.39. The zero-order valence-electron chi connectivity index (χ0n) is 21.6. The highest BCUT2D eigenvalue weighted by atomic mass is 32.2. The fraction of sp³-hybridized carbons (Fsp3) is 0.379. The van der Waals surface area contributed by atoms with E-state index in [0.717, 1.165) is 40.3 Å². The average molecular weight is 539 g/mol. The molecule has 0 N–H and O–H groups in total. The van der Waals surface area contributed by atoms with E-state index in [9.17, 15) is 9.59 Å². The van der Waals surface area contributed by atoms with E-state index in [2.05, 4.69) is 13.2 Å². The number of rotatable bonds is 9. The Labute approximate surface area is 227 Å². The number of hydrogen-bond donors (Lipinski definition) is 0. The molecule has 2 aliphatic rings. The molecule has 6 nitrogen and oxygen atoms in total. The lowest BCUT2D eigenvalue weighted by molar-refractivity contribution is -0.144. The summed E-state index contributed by atoms with van der Waals surface area (Å²) >= 11 is 2.79. The Morgan fingerprint density at radius 3 is 2.65 bits per heavy atom. The number of likely N-dealkylation sites (tertiary alicyclic amines) is 1. The van der Waals surface area contributed by atoms with Crippen molar-refractivity contribution >= 4 is 34.8 Å². The second-order valence-corrected chi connectivity index (χ2v) is 11.4. The Morgan fingerprint density at radius 2 is 2.00 bits per heavy atom. The van der Waals surface area contributed by atoms with Crippen molar-refractivity contribution in [3.05, 3.63) is 88.1 Å². The lowest BCUT2D eigenvalue weighted by Crippen LogP contribution is -2.58. The third kappa shape index (κ3) is 5.56. The van der Waals surface area contributed by atoms with E-state index in [0.29, 0.717) is 13.2 Å². The van der Waals surface area contributed by atoms with E-state index in [4.69, 9.17) is 9.47 Å². The smallest absolute Gasteiger partial charge is 0.244 e. The number of carbonyl (C=O) groups excluding carboxylic acids is 2. The molecule has 2 saturated heterocycles. The van der Waals surface area contributed by atoms with Gasteiger partial charge in [0.25, 0.3) is 0 Å². The number of Topliss-reactive ketones (excluding diaryl/α,β-unsaturated/α-hetero) is 1. The van der Waals surface area contributed by atoms with Crippen LogP contribution in [0.4, 0.5) is 0 Å². The molecule has 2 aliphatic heterocycles. The van der Waals surface area contributed by atoms with Gasteiger partial charge in [-0.15, -0.1) is 11.8 Å². The minimum Gasteiger partial charge on any atom is -0.490 e. The number of allylic oxidation sites excluding steroid dienone is 2. The standard InChI is InChI=1S/C29H34N2O4S2/c1-6-8-26(20(2)30(3)4)37-27-25(32)18-29(31(5)28(27)33,22-13-16-36-19-22)21-9-7-10-24(17-21)35-23-11-14-34-15-12-23/h6-10,13,16-17,19,23,27H,1-2,11-12,14-15,18H2,3-5H3/b26-8+. The Bertz CT molecular complexity index is 1180. The molecule has 3 heterocycles. The van der Waals surface area contributed by atoms with Gasteiger partial charge in [0.1, 0.15) is 22.6 Å². The predicted octanol–water partition coefficient (Wildman–Crippen LogP) is 5.23. The molecule has 0 spiro atoms. The van der Waals surface area contributed by atoms with Crippen LogP contribution in [0.3, 0.4) is 0 Å². The molecule has 2 aromatic rings. The number of thiophene rings is 1. The van der Waals surface area contributed by atoms with Gasteiger partial charge in [0, 0.05) is 51.0 Å². The van der Waals surface area contributed by atoms with E-state index < -0.39 is 10.8 Å². The van der Waals surface area contributed by atoms with Crippen LogP contribution in [0.1, 0.15) is 30.4 Å². The number of nitrogens with zero attached hydrogens (tertiary/aromatic N) is 2. The van der Waals surface area contributed by atoms with Crippen molar-refractivity contribution in [3.63, 3.8) is 0 Å². The molecule has 1 amide bonds. The zero-order chi connectivity index (χ0) is 26.6. The number of carbonyl (C=O) groups is 2. The highest BCUT2D eigenvalue weighted by Gasteiger charge is 2.52. The third-order valence-electron chi connectivity index (χ3n) is 6.97. The van der Waals surface area contributed by atoms with Crippen LogP contribution in [0.5, 0.6) is 5.75 Å². The lowest BCUT2D eigenvalue weighted by atomic mass is 9.75. The van der Waals surface area contributed by atoms with E-state index in [1.165, 1.54) is 11.8 Å². The van der Waals surface area contributed by atoms with Crippen molar-refractivity contribution in [1.82, 2.24) is 9.80 Å². The van der Waals surface area contributed by atoms with Gasteiger partial charge in [-0.3, -0.25) is 9.59 Å². The number of benzene rings is 1. The second-order valence-electron chi connectivity index (χ2n) is 9.48. The Balaban J connectivity index is 1.69. The molecular formula is C29H34N2O4S2. The molecule has 1 aromatic heterocycles. The Hall–Kier alpha value is -2.81. The summed E-state index contributed by atoms with van der Waals surface area (Å²) in [5, 5.41) is 3.14. The van der Waals surface area contributed by atoms with Gasteiger partial charge in [0.05, 0.1) is 13.2 Å². The molecule has 0 aliphatic carbocycles. The summed E-state index contributed by atoms with van der Waals surface area (Å²) < 4.78 is 11.7. The van der Waals surface area contributed by atoms with Gasteiger partial charge < -0.3 is 19.3 Å². The second kappa shape index (κ2) is 11.7. The van der Waals surface area contributed by atoms with Crippen LogP contribution >= 0.6 is 23.1 Å². The van der Waals surface area contributed by atoms with Gasteiger partial charge in [0.2, 0.25) is 5.91 Å². The number of likely N-dealkylation sites (N-methyl/N-ethyl adjacent to an activating group) is 1. The number of piperidine rings is 1. The van der Waals surface area contributed by atoms with Gasteiger partial charge in [-0.2, -0.15) is 11.3 Å². The van der Waals surface area contributed by atoms with Gasteiger partial charge in [-0.1, -0.05) is 31.4 Å². The zero-order valence-corrected chi connectivity index (χ0v) is 23.3. The van der Waals surface area contributed by atoms with Gasteiger partial charge in [0.15, 0.2) is 5.78 Å². The minimum atomic E-state index is -0.916. The van der Waals surface area contributed by atoms with Crippen molar-refractivity contribution < 1.29 is 19.1 Å². The van der Waals surface area contributed by atoms with E-state index in [-0.39, 0.29) is 24.2 Å². The molecule has 0 bridgehead atoms. The van der Waals surface area contributed by atoms with Gasteiger partial charge >= 0.3 is 0 Å². The largest absolute Gasteiger partial charge is 0.490 e. The van der Waals surface area contributed by atoms with Crippen LogP contribution in [0, 0.1) is 0 Å². The maximum Gasteiger partial charge on any atom is 0.244 e. The maximum absolute atomic E-state index is 13.9. The molecule has 4 rings (SSSR count). The number of hydrogen-bond acceptors (Lipinski definition) is 7. The monoisotopic (exact) mass is 538 g/mol. The first kappa shape index (κ1) is 27.2. The van der Waals surface area contributed by atoms with Crippen molar-refractivity contribution in [2.24, 2.45) is 0 Å². The molecular weight excluding hydrogens is 504 g/mol. The topological polar surface area (TPSA) is 59.1 Å². The van der Waals surface area contributed by atoms with Crippen molar-refractivity contribution in [2.75, 3.05) is 34.4 Å². The minimum absolute atomic E-state index is 0.0918. The molecule has 37 heavy (non-hydrogen) atoms. The van der Waals surface area contributed by atoms with E-state index in [1.54, 1.807) is 35.4 Å². The van der Waals surface area contributed by atoms with E-state index in [1.807, 2.05) is 60.1 Å². The fourth-order valence-electron chi connectivity index (χ4n) is 4.81. The summed E-state index contributed by atoms with van der Waals surface area (Å²) in [4.78, 5) is 32.0. The van der Waals surface area contributed by atoms with Crippen molar-refractivity contribution in [1.29, 1.82) is 0 Å². The van der Waals surface area contributed by atoms with Crippen molar-refractivity contribution in [3.8, 4) is 5.75 Å². The maximum atomic E-state index is 13.9. The number of thioether (sulfide) groups is 1. The Kier molecular flexibility index (Phi) is 8.62. The molecule has 0 radical (unpaired) electrons. The highest BCUT2D eigenvalue weighted by Crippen LogP contribution is 2.46. The average Bonchev–Trinajstić information content (AvgIpc) is 3.44. The highest BCUT2D eigenvalue weighted by molar-refractivity contribution is 8.05. The Morgan fingerprint density at radius 1 is 1.24 bits per heavy atom.